The number of methoxy groups -OCH3 is 1. The molecule has 94 valence electrons. The van der Waals surface area contributed by atoms with Crippen LogP contribution >= 0.6 is 0 Å². The van der Waals surface area contributed by atoms with Gasteiger partial charge in [0.05, 0.1) is 7.11 Å². The van der Waals surface area contributed by atoms with Gasteiger partial charge in [0.1, 0.15) is 11.4 Å². The molecule has 0 aromatic carbocycles. The van der Waals surface area contributed by atoms with Crippen LogP contribution < -0.4 is 5.32 Å². The van der Waals surface area contributed by atoms with E-state index in [0.29, 0.717) is 18.7 Å². The number of hydrogen-bond donors (Lipinski definition) is 1. The smallest absolute Gasteiger partial charge is 0.356 e. The third-order valence-electron chi connectivity index (χ3n) is 1.98. The number of ether oxygens (including phenoxy) is 1. The first kappa shape index (κ1) is 13.7. The van der Waals surface area contributed by atoms with Crippen LogP contribution in [0.2, 0.25) is 0 Å². The number of aromatic nitrogens is 1. The molecule has 0 spiro atoms. The van der Waals surface area contributed by atoms with Gasteiger partial charge in [0.15, 0.2) is 0 Å². The van der Waals surface area contributed by atoms with E-state index in [2.05, 4.69) is 26.9 Å². The summed E-state index contributed by atoms with van der Waals surface area (Å²) in [6, 6.07) is 4.96. The highest BCUT2D eigenvalue weighted by Crippen LogP contribution is 1.99. The monoisotopic (exact) mass is 246 g/mol. The van der Waals surface area contributed by atoms with E-state index in [4.69, 9.17) is 0 Å². The molecule has 0 saturated carbocycles. The molecule has 0 radical (unpaired) electrons. The average molecular weight is 246 g/mol. The largest absolute Gasteiger partial charge is 0.464 e. The van der Waals surface area contributed by atoms with Crippen LogP contribution in [-0.2, 0) is 9.53 Å². The molecule has 0 unspecified atom stereocenters. The second-order valence-corrected chi connectivity index (χ2v) is 3.43. The number of hydrogen-bond acceptors (Lipinski definition) is 4. The van der Waals surface area contributed by atoms with Crippen molar-refractivity contribution in [1.82, 2.24) is 10.3 Å². The molecule has 1 amide bonds. The predicted octanol–water partition coefficient (Wildman–Crippen LogP) is 0.746. The van der Waals surface area contributed by atoms with E-state index in [1.165, 1.54) is 14.0 Å². The van der Waals surface area contributed by atoms with E-state index >= 15 is 0 Å². The minimum absolute atomic E-state index is 0.0809. The molecule has 0 fully saturated rings. The van der Waals surface area contributed by atoms with Crippen LogP contribution in [0.1, 0.15) is 29.5 Å². The summed E-state index contributed by atoms with van der Waals surface area (Å²) < 4.78 is 4.56. The molecular weight excluding hydrogens is 232 g/mol. The Morgan fingerprint density at radius 1 is 1.44 bits per heavy atom. The quantitative estimate of drug-likeness (QED) is 0.485. The van der Waals surface area contributed by atoms with E-state index in [0.717, 1.165) is 0 Å². The fourth-order valence-corrected chi connectivity index (χ4v) is 1.18. The van der Waals surface area contributed by atoms with Gasteiger partial charge >= 0.3 is 5.97 Å². The van der Waals surface area contributed by atoms with Crippen molar-refractivity contribution in [2.24, 2.45) is 0 Å². The number of amides is 1. The molecular formula is C13H14N2O3. The summed E-state index contributed by atoms with van der Waals surface area (Å²) in [7, 11) is 1.30. The van der Waals surface area contributed by atoms with Crippen molar-refractivity contribution in [3.05, 3.63) is 29.6 Å². The van der Waals surface area contributed by atoms with Crippen LogP contribution in [0.4, 0.5) is 0 Å². The molecule has 1 aromatic heterocycles. The molecule has 5 nitrogen and oxygen atoms in total. The Bertz CT molecular complexity index is 500. The molecule has 0 aliphatic rings. The Labute approximate surface area is 106 Å². The van der Waals surface area contributed by atoms with Crippen LogP contribution in [0.5, 0.6) is 0 Å². The number of carbonyl (C=O) groups is 2. The lowest BCUT2D eigenvalue weighted by atomic mass is 10.3. The Hall–Kier alpha value is -2.35. The van der Waals surface area contributed by atoms with Crippen LogP contribution in [-0.4, -0.2) is 30.5 Å². The second-order valence-electron chi connectivity index (χ2n) is 3.43. The van der Waals surface area contributed by atoms with Crippen LogP contribution in [0.3, 0.4) is 0 Å². The minimum atomic E-state index is -0.489. The lowest BCUT2D eigenvalue weighted by Crippen LogP contribution is -2.20. The zero-order chi connectivity index (χ0) is 13.4. The molecule has 1 aromatic rings. The van der Waals surface area contributed by atoms with Gasteiger partial charge in [0, 0.05) is 19.9 Å². The predicted molar refractivity (Wildman–Crippen MR) is 65.8 cm³/mol. The molecule has 5 heteroatoms. The highest BCUT2D eigenvalue weighted by Gasteiger charge is 2.05. The summed E-state index contributed by atoms with van der Waals surface area (Å²) in [5.41, 5.74) is 0.729. The van der Waals surface area contributed by atoms with Gasteiger partial charge < -0.3 is 10.1 Å². The number of carbonyl (C=O) groups excluding carboxylic acids is 2. The maximum Gasteiger partial charge on any atom is 0.356 e. The lowest BCUT2D eigenvalue weighted by molar-refractivity contribution is -0.118. The topological polar surface area (TPSA) is 68.3 Å². The fraction of sp³-hybridized carbons (Fsp3) is 0.308. The van der Waals surface area contributed by atoms with Gasteiger partial charge in [-0.25, -0.2) is 9.78 Å². The van der Waals surface area contributed by atoms with Gasteiger partial charge in [0.2, 0.25) is 5.91 Å². The summed E-state index contributed by atoms with van der Waals surface area (Å²) in [6.45, 7) is 1.95. The molecule has 0 saturated heterocycles. The Kier molecular flexibility index (Phi) is 5.39. The van der Waals surface area contributed by atoms with Crippen molar-refractivity contribution in [2.75, 3.05) is 13.7 Å². The summed E-state index contributed by atoms with van der Waals surface area (Å²) in [4.78, 5) is 25.9. The SMILES string of the molecule is COC(=O)c1cccc(C#CCCNC(C)=O)n1. The summed E-state index contributed by atoms with van der Waals surface area (Å²) >= 11 is 0. The first-order valence-electron chi connectivity index (χ1n) is 5.42. The maximum absolute atomic E-state index is 11.2. The van der Waals surface area contributed by atoms with Crippen molar-refractivity contribution in [1.29, 1.82) is 0 Å². The number of nitrogens with zero attached hydrogens (tertiary/aromatic N) is 1. The first-order valence-corrected chi connectivity index (χ1v) is 5.42. The van der Waals surface area contributed by atoms with Gasteiger partial charge in [-0.15, -0.1) is 0 Å². The standard InChI is InChI=1S/C13H14N2O3/c1-10(16)14-9-4-3-6-11-7-5-8-12(15-11)13(17)18-2/h5,7-8H,4,9H2,1-2H3,(H,14,16). The van der Waals surface area contributed by atoms with E-state index in [9.17, 15) is 9.59 Å². The van der Waals surface area contributed by atoms with E-state index < -0.39 is 5.97 Å². The van der Waals surface area contributed by atoms with Crippen molar-refractivity contribution < 1.29 is 14.3 Å². The zero-order valence-electron chi connectivity index (χ0n) is 10.3. The summed E-state index contributed by atoms with van der Waals surface area (Å²) in [6.07, 6.45) is 0.531. The normalized spacial score (nSPS) is 9.00. The van der Waals surface area contributed by atoms with Gasteiger partial charge in [-0.2, -0.15) is 0 Å². The Morgan fingerprint density at radius 3 is 2.89 bits per heavy atom. The van der Waals surface area contributed by atoms with Crippen LogP contribution in [0.15, 0.2) is 18.2 Å². The molecule has 1 heterocycles. The molecule has 0 aliphatic heterocycles. The Balaban J connectivity index is 2.59. The van der Waals surface area contributed by atoms with E-state index in [1.807, 2.05) is 0 Å². The number of rotatable bonds is 3. The lowest BCUT2D eigenvalue weighted by Gasteiger charge is -1.98. The molecule has 18 heavy (non-hydrogen) atoms. The highest BCUT2D eigenvalue weighted by molar-refractivity contribution is 5.87. The third kappa shape index (κ3) is 4.66. The van der Waals surface area contributed by atoms with Crippen molar-refractivity contribution >= 4 is 11.9 Å². The second kappa shape index (κ2) is 7.07. The van der Waals surface area contributed by atoms with Crippen molar-refractivity contribution in [2.45, 2.75) is 13.3 Å². The zero-order valence-corrected chi connectivity index (χ0v) is 10.3. The van der Waals surface area contributed by atoms with Crippen LogP contribution in [0.25, 0.3) is 0 Å². The third-order valence-corrected chi connectivity index (χ3v) is 1.98. The van der Waals surface area contributed by atoms with Gasteiger partial charge in [0.25, 0.3) is 0 Å². The number of nitrogens with one attached hydrogen (secondary N) is 1. The molecule has 0 bridgehead atoms. The minimum Gasteiger partial charge on any atom is -0.464 e. The van der Waals surface area contributed by atoms with Gasteiger partial charge in [-0.05, 0) is 18.1 Å². The maximum atomic E-state index is 11.2. The molecule has 0 aliphatic carbocycles. The fourth-order valence-electron chi connectivity index (χ4n) is 1.18. The van der Waals surface area contributed by atoms with Gasteiger partial charge in [-0.1, -0.05) is 12.0 Å². The molecule has 1 N–H and O–H groups in total. The number of pyridine rings is 1. The van der Waals surface area contributed by atoms with Crippen LogP contribution in [0, 0.1) is 11.8 Å². The summed E-state index contributed by atoms with van der Waals surface area (Å²) in [5, 5.41) is 2.63. The van der Waals surface area contributed by atoms with E-state index in [1.54, 1.807) is 18.2 Å². The first-order chi connectivity index (χ1) is 8.63. The summed E-state index contributed by atoms with van der Waals surface area (Å²) in [5.74, 6) is 5.11. The van der Waals surface area contributed by atoms with E-state index in [-0.39, 0.29) is 11.6 Å². The van der Waals surface area contributed by atoms with Gasteiger partial charge in [-0.3, -0.25) is 4.79 Å². The van der Waals surface area contributed by atoms with Crippen molar-refractivity contribution in [3.63, 3.8) is 0 Å². The molecule has 0 atom stereocenters. The molecule has 1 rings (SSSR count). The highest BCUT2D eigenvalue weighted by atomic mass is 16.5. The average Bonchev–Trinajstić information content (AvgIpc) is 2.37. The van der Waals surface area contributed by atoms with Crippen molar-refractivity contribution in [3.8, 4) is 11.8 Å². The Morgan fingerprint density at radius 2 is 2.22 bits per heavy atom. The number of esters is 1.